The molecule has 1 rings (SSSR count). The van der Waals surface area contributed by atoms with Crippen LogP contribution in [0, 0.1) is 0 Å². The molecule has 0 fully saturated rings. The Bertz CT molecular complexity index is 258. The van der Waals surface area contributed by atoms with Crippen LogP contribution in [0.25, 0.3) is 0 Å². The van der Waals surface area contributed by atoms with Gasteiger partial charge in [-0.25, -0.2) is 0 Å². The van der Waals surface area contributed by atoms with Gasteiger partial charge in [-0.05, 0) is 19.3 Å². The number of rotatable bonds is 4. The number of nitrogens with one attached hydrogen (secondary N) is 1. The number of nitrogens with two attached hydrogens (primary N) is 1. The van der Waals surface area contributed by atoms with Gasteiger partial charge in [0.25, 0.3) is 11.8 Å². The molecule has 3 N–H and O–H groups in total. The molecule has 1 aliphatic heterocycles. The second-order valence-corrected chi connectivity index (χ2v) is 3.19. The highest BCUT2D eigenvalue weighted by atomic mass is 16.2. The minimum absolute atomic E-state index is 0.115. The summed E-state index contributed by atoms with van der Waals surface area (Å²) in [5.41, 5.74) is 6.24. The first-order valence-electron chi connectivity index (χ1n) is 4.45. The molecule has 1 aliphatic rings. The van der Waals surface area contributed by atoms with Crippen molar-refractivity contribution in [1.82, 2.24) is 5.32 Å². The van der Waals surface area contributed by atoms with E-state index in [2.05, 4.69) is 5.32 Å². The maximum Gasteiger partial charge on any atom is 0.254 e. The molecule has 0 saturated heterocycles. The summed E-state index contributed by atoms with van der Waals surface area (Å²) < 4.78 is 0. The Morgan fingerprint density at radius 3 is 2.69 bits per heavy atom. The molecular formula is C9H14N2O2. The largest absolute Gasteiger partial charge is 0.328 e. The van der Waals surface area contributed by atoms with Crippen LogP contribution in [-0.4, -0.2) is 17.9 Å². The second-order valence-electron chi connectivity index (χ2n) is 3.19. The molecule has 2 amide bonds. The van der Waals surface area contributed by atoms with Crippen LogP contribution in [0.1, 0.15) is 26.2 Å². The fourth-order valence-electron chi connectivity index (χ4n) is 1.18. The monoisotopic (exact) mass is 182 g/mol. The minimum Gasteiger partial charge on any atom is -0.328 e. The highest BCUT2D eigenvalue weighted by molar-refractivity contribution is 6.16. The summed E-state index contributed by atoms with van der Waals surface area (Å²) in [6.07, 6.45) is 3.59. The number of carbonyl (C=O) groups is 2. The Hall–Kier alpha value is -1.16. The average Bonchev–Trinajstić information content (AvgIpc) is 2.41. The SMILES string of the molecule is CCC(N)CCC1=CC(=O)NC1=O. The van der Waals surface area contributed by atoms with Crippen LogP contribution >= 0.6 is 0 Å². The first-order chi connectivity index (χ1) is 6.13. The Labute approximate surface area is 77.2 Å². The van der Waals surface area contributed by atoms with Gasteiger partial charge in [0, 0.05) is 17.7 Å². The van der Waals surface area contributed by atoms with Crippen LogP contribution < -0.4 is 11.1 Å². The molecule has 0 aromatic heterocycles. The molecule has 4 heteroatoms. The lowest BCUT2D eigenvalue weighted by Crippen LogP contribution is -2.23. The number of amides is 2. The van der Waals surface area contributed by atoms with Crippen LogP contribution in [0.2, 0.25) is 0 Å². The van der Waals surface area contributed by atoms with Crippen molar-refractivity contribution >= 4 is 11.8 Å². The van der Waals surface area contributed by atoms with Crippen LogP contribution in [0.15, 0.2) is 11.6 Å². The molecule has 13 heavy (non-hydrogen) atoms. The van der Waals surface area contributed by atoms with Gasteiger partial charge in [-0.3, -0.25) is 14.9 Å². The van der Waals surface area contributed by atoms with E-state index in [-0.39, 0.29) is 17.9 Å². The lowest BCUT2D eigenvalue weighted by molar-refractivity contribution is -0.123. The topological polar surface area (TPSA) is 72.2 Å². The lowest BCUT2D eigenvalue weighted by Gasteiger charge is -2.06. The summed E-state index contributed by atoms with van der Waals surface area (Å²) in [5.74, 6) is -0.585. The van der Waals surface area contributed by atoms with Crippen molar-refractivity contribution in [3.05, 3.63) is 11.6 Å². The second kappa shape index (κ2) is 4.18. The molecule has 1 heterocycles. The number of imide groups is 1. The van der Waals surface area contributed by atoms with E-state index >= 15 is 0 Å². The number of hydrogen-bond donors (Lipinski definition) is 2. The van der Waals surface area contributed by atoms with E-state index in [4.69, 9.17) is 5.73 Å². The summed E-state index contributed by atoms with van der Waals surface area (Å²) in [6.45, 7) is 2.00. The Kier molecular flexibility index (Phi) is 3.19. The minimum atomic E-state index is -0.315. The molecule has 72 valence electrons. The Balaban J connectivity index is 2.41. The fourth-order valence-corrected chi connectivity index (χ4v) is 1.18. The quantitative estimate of drug-likeness (QED) is 0.605. The number of hydrogen-bond acceptors (Lipinski definition) is 3. The van der Waals surface area contributed by atoms with E-state index < -0.39 is 0 Å². The lowest BCUT2D eigenvalue weighted by atomic mass is 10.0. The van der Waals surface area contributed by atoms with Gasteiger partial charge >= 0.3 is 0 Å². The average molecular weight is 182 g/mol. The Morgan fingerprint density at radius 1 is 1.54 bits per heavy atom. The zero-order chi connectivity index (χ0) is 9.84. The van der Waals surface area contributed by atoms with Gasteiger partial charge in [0.1, 0.15) is 0 Å². The third-order valence-electron chi connectivity index (χ3n) is 2.14. The molecular weight excluding hydrogens is 168 g/mol. The molecule has 1 unspecified atom stereocenters. The van der Waals surface area contributed by atoms with E-state index in [1.807, 2.05) is 6.92 Å². The predicted octanol–water partition coefficient (Wildman–Crippen LogP) is 0.0867. The summed E-state index contributed by atoms with van der Waals surface area (Å²) >= 11 is 0. The summed E-state index contributed by atoms with van der Waals surface area (Å²) in [5, 5.41) is 2.20. The van der Waals surface area contributed by atoms with Crippen molar-refractivity contribution < 1.29 is 9.59 Å². The van der Waals surface area contributed by atoms with Gasteiger partial charge in [-0.15, -0.1) is 0 Å². The van der Waals surface area contributed by atoms with Crippen molar-refractivity contribution in [1.29, 1.82) is 0 Å². The van der Waals surface area contributed by atoms with E-state index in [1.54, 1.807) is 0 Å². The molecule has 0 aromatic carbocycles. The van der Waals surface area contributed by atoms with Gasteiger partial charge in [0.2, 0.25) is 0 Å². The van der Waals surface area contributed by atoms with Crippen LogP contribution in [0.5, 0.6) is 0 Å². The highest BCUT2D eigenvalue weighted by Crippen LogP contribution is 2.11. The van der Waals surface area contributed by atoms with Gasteiger partial charge in [0.05, 0.1) is 0 Å². The van der Waals surface area contributed by atoms with Crippen molar-refractivity contribution in [3.8, 4) is 0 Å². The smallest absolute Gasteiger partial charge is 0.254 e. The molecule has 0 aromatic rings. The van der Waals surface area contributed by atoms with Crippen molar-refractivity contribution in [2.75, 3.05) is 0 Å². The Morgan fingerprint density at radius 2 is 2.23 bits per heavy atom. The van der Waals surface area contributed by atoms with Gasteiger partial charge in [-0.1, -0.05) is 6.92 Å². The van der Waals surface area contributed by atoms with Crippen LogP contribution in [0.3, 0.4) is 0 Å². The van der Waals surface area contributed by atoms with E-state index in [0.29, 0.717) is 12.0 Å². The third-order valence-corrected chi connectivity index (χ3v) is 2.14. The zero-order valence-corrected chi connectivity index (χ0v) is 7.67. The van der Waals surface area contributed by atoms with Crippen molar-refractivity contribution in [2.45, 2.75) is 32.2 Å². The maximum absolute atomic E-state index is 11.0. The summed E-state index contributed by atoms with van der Waals surface area (Å²) in [4.78, 5) is 21.8. The maximum atomic E-state index is 11.0. The zero-order valence-electron chi connectivity index (χ0n) is 7.67. The van der Waals surface area contributed by atoms with Crippen molar-refractivity contribution in [2.24, 2.45) is 5.73 Å². The molecule has 0 radical (unpaired) electrons. The number of carbonyl (C=O) groups excluding carboxylic acids is 2. The summed E-state index contributed by atoms with van der Waals surface area (Å²) in [7, 11) is 0. The van der Waals surface area contributed by atoms with E-state index in [9.17, 15) is 9.59 Å². The molecule has 0 aliphatic carbocycles. The van der Waals surface area contributed by atoms with Gasteiger partial charge in [-0.2, -0.15) is 0 Å². The van der Waals surface area contributed by atoms with Crippen molar-refractivity contribution in [3.63, 3.8) is 0 Å². The van der Waals surface area contributed by atoms with E-state index in [1.165, 1.54) is 6.08 Å². The first kappa shape index (κ1) is 9.92. The standard InChI is InChI=1S/C9H14N2O2/c1-2-7(10)4-3-6-5-8(12)11-9(6)13/h5,7H,2-4,10H2,1H3,(H,11,12,13). The summed E-state index contributed by atoms with van der Waals surface area (Å²) in [6, 6.07) is 0.115. The van der Waals surface area contributed by atoms with Gasteiger partial charge < -0.3 is 5.73 Å². The van der Waals surface area contributed by atoms with Crippen LogP contribution in [-0.2, 0) is 9.59 Å². The predicted molar refractivity (Wildman–Crippen MR) is 48.7 cm³/mol. The van der Waals surface area contributed by atoms with E-state index in [0.717, 1.165) is 12.8 Å². The first-order valence-corrected chi connectivity index (χ1v) is 4.45. The molecule has 0 bridgehead atoms. The third kappa shape index (κ3) is 2.66. The molecule has 0 saturated carbocycles. The fraction of sp³-hybridized carbons (Fsp3) is 0.556. The van der Waals surface area contributed by atoms with Crippen LogP contribution in [0.4, 0.5) is 0 Å². The normalized spacial score (nSPS) is 18.5. The molecule has 0 spiro atoms. The molecule has 1 atom stereocenters. The van der Waals surface area contributed by atoms with Gasteiger partial charge in [0.15, 0.2) is 0 Å². The molecule has 4 nitrogen and oxygen atoms in total. The highest BCUT2D eigenvalue weighted by Gasteiger charge is 2.20.